The quantitative estimate of drug-likeness (QED) is 0.582. The third-order valence-electron chi connectivity index (χ3n) is 4.69. The largest absolute Gasteiger partial charge is 0.338 e. The van der Waals surface area contributed by atoms with Crippen LogP contribution in [0.4, 0.5) is 0 Å². The van der Waals surface area contributed by atoms with E-state index in [4.69, 9.17) is 11.6 Å². The predicted octanol–water partition coefficient (Wildman–Crippen LogP) is 3.20. The van der Waals surface area contributed by atoms with Gasteiger partial charge in [0, 0.05) is 36.6 Å². The van der Waals surface area contributed by atoms with Gasteiger partial charge in [-0.05, 0) is 42.3 Å². The van der Waals surface area contributed by atoms with E-state index in [1.54, 1.807) is 44.4 Å². The fourth-order valence-electron chi connectivity index (χ4n) is 3.10. The van der Waals surface area contributed by atoms with Gasteiger partial charge in [0.2, 0.25) is 10.0 Å². The molecule has 9 heteroatoms. The van der Waals surface area contributed by atoms with Crippen LogP contribution < -0.4 is 10.0 Å². The van der Waals surface area contributed by atoms with Gasteiger partial charge in [0.15, 0.2) is 0 Å². The van der Waals surface area contributed by atoms with Gasteiger partial charge in [-0.2, -0.15) is 0 Å². The zero-order chi connectivity index (χ0) is 21.9. The van der Waals surface area contributed by atoms with Crippen LogP contribution in [-0.2, 0) is 17.1 Å². The molecule has 1 heterocycles. The number of carbonyl (C=O) groups is 1. The molecule has 1 atom stereocenters. The fraction of sp³-hybridized carbons (Fsp3) is 0.238. The van der Waals surface area contributed by atoms with E-state index in [9.17, 15) is 13.2 Å². The lowest BCUT2D eigenvalue weighted by atomic mass is 10.0. The van der Waals surface area contributed by atoms with Gasteiger partial charge in [0.1, 0.15) is 11.9 Å². The number of sulfonamides is 1. The summed E-state index contributed by atoms with van der Waals surface area (Å²) < 4.78 is 29.0. The number of imidazole rings is 1. The lowest BCUT2D eigenvalue weighted by Gasteiger charge is -2.20. The van der Waals surface area contributed by atoms with E-state index in [0.29, 0.717) is 16.4 Å². The van der Waals surface area contributed by atoms with Crippen LogP contribution in [0.2, 0.25) is 5.02 Å². The van der Waals surface area contributed by atoms with Crippen LogP contribution in [0, 0.1) is 6.92 Å². The number of aryl methyl sites for hydroxylation is 2. The second-order valence-corrected chi connectivity index (χ2v) is 9.04. The minimum atomic E-state index is -3.68. The van der Waals surface area contributed by atoms with Crippen molar-refractivity contribution in [2.24, 2.45) is 7.05 Å². The summed E-state index contributed by atoms with van der Waals surface area (Å²) in [6.07, 6.45) is 3.44. The Bertz CT molecular complexity index is 1160. The van der Waals surface area contributed by atoms with Gasteiger partial charge in [0.05, 0.1) is 4.90 Å². The summed E-state index contributed by atoms with van der Waals surface area (Å²) in [5.74, 6) is 0.240. The van der Waals surface area contributed by atoms with Gasteiger partial charge in [-0.25, -0.2) is 18.1 Å². The number of nitrogens with one attached hydrogen (secondary N) is 2. The number of amides is 1. The first-order chi connectivity index (χ1) is 14.2. The summed E-state index contributed by atoms with van der Waals surface area (Å²) in [4.78, 5) is 17.6. The lowest BCUT2D eigenvalue weighted by Crippen LogP contribution is -2.32. The van der Waals surface area contributed by atoms with Crippen LogP contribution in [-0.4, -0.2) is 30.4 Å². The van der Waals surface area contributed by atoms with Gasteiger partial charge >= 0.3 is 0 Å². The maximum absolute atomic E-state index is 13.2. The summed E-state index contributed by atoms with van der Waals surface area (Å²) >= 11 is 6.01. The molecule has 0 aliphatic heterocycles. The van der Waals surface area contributed by atoms with Gasteiger partial charge in [-0.3, -0.25) is 4.79 Å². The van der Waals surface area contributed by atoms with Crippen molar-refractivity contribution in [3.8, 4) is 0 Å². The van der Waals surface area contributed by atoms with Crippen molar-refractivity contribution in [3.05, 3.63) is 82.4 Å². The molecular weight excluding hydrogens is 424 g/mol. The van der Waals surface area contributed by atoms with Gasteiger partial charge in [-0.15, -0.1) is 0 Å². The first-order valence-corrected chi connectivity index (χ1v) is 11.2. The summed E-state index contributed by atoms with van der Waals surface area (Å²) in [5, 5.41) is 3.57. The molecule has 2 aromatic carbocycles. The molecule has 158 valence electrons. The van der Waals surface area contributed by atoms with Crippen molar-refractivity contribution in [3.63, 3.8) is 0 Å². The molecule has 0 bridgehead atoms. The first-order valence-electron chi connectivity index (χ1n) is 9.36. The number of hydrogen-bond acceptors (Lipinski definition) is 4. The third kappa shape index (κ3) is 4.72. The first kappa shape index (κ1) is 22.0. The van der Waals surface area contributed by atoms with Crippen LogP contribution in [0.1, 0.15) is 40.3 Å². The monoisotopic (exact) mass is 446 g/mol. The highest BCUT2D eigenvalue weighted by molar-refractivity contribution is 7.89. The Balaban J connectivity index is 1.99. The Morgan fingerprint density at radius 1 is 1.20 bits per heavy atom. The Morgan fingerprint density at radius 2 is 1.90 bits per heavy atom. The molecule has 1 aromatic heterocycles. The van der Waals surface area contributed by atoms with E-state index >= 15 is 0 Å². The number of nitrogens with zero attached hydrogens (tertiary/aromatic N) is 2. The van der Waals surface area contributed by atoms with Crippen molar-refractivity contribution in [2.45, 2.75) is 24.8 Å². The van der Waals surface area contributed by atoms with E-state index in [-0.39, 0.29) is 17.0 Å². The Kier molecular flexibility index (Phi) is 6.60. The molecule has 7 nitrogen and oxygen atoms in total. The number of aromatic nitrogens is 2. The second-order valence-electron chi connectivity index (χ2n) is 6.83. The molecular formula is C21H23ClN4O3S. The van der Waals surface area contributed by atoms with Gasteiger partial charge in [-0.1, -0.05) is 36.7 Å². The van der Waals surface area contributed by atoms with Crippen LogP contribution >= 0.6 is 11.6 Å². The summed E-state index contributed by atoms with van der Waals surface area (Å²) in [6, 6.07) is 11.1. The van der Waals surface area contributed by atoms with Crippen LogP contribution in [0.15, 0.2) is 59.8 Å². The fourth-order valence-corrected chi connectivity index (χ4v) is 4.30. The molecule has 1 amide bonds. The van der Waals surface area contributed by atoms with E-state index < -0.39 is 22.0 Å². The highest BCUT2D eigenvalue weighted by Crippen LogP contribution is 2.24. The molecule has 0 fully saturated rings. The normalized spacial score (nSPS) is 12.5. The molecule has 0 saturated carbocycles. The molecule has 3 aromatic rings. The van der Waals surface area contributed by atoms with Crippen molar-refractivity contribution in [2.75, 3.05) is 6.54 Å². The van der Waals surface area contributed by atoms with E-state index in [0.717, 1.165) is 5.56 Å². The smallest absolute Gasteiger partial charge is 0.252 e. The molecule has 0 aliphatic rings. The van der Waals surface area contributed by atoms with Crippen molar-refractivity contribution in [1.82, 2.24) is 19.6 Å². The summed E-state index contributed by atoms with van der Waals surface area (Å²) in [5.41, 5.74) is 1.75. The minimum absolute atomic E-state index is 0.0418. The molecule has 0 saturated heterocycles. The minimum Gasteiger partial charge on any atom is -0.338 e. The summed E-state index contributed by atoms with van der Waals surface area (Å²) in [6.45, 7) is 3.72. The molecule has 2 N–H and O–H groups in total. The Morgan fingerprint density at radius 3 is 2.50 bits per heavy atom. The third-order valence-corrected chi connectivity index (χ3v) is 6.49. The van der Waals surface area contributed by atoms with E-state index in [1.807, 2.05) is 23.7 Å². The van der Waals surface area contributed by atoms with Crippen LogP contribution in [0.25, 0.3) is 0 Å². The Hall–Kier alpha value is -2.68. The lowest BCUT2D eigenvalue weighted by molar-refractivity contribution is 0.0940. The highest BCUT2D eigenvalue weighted by Gasteiger charge is 2.23. The Labute approximate surface area is 181 Å². The average molecular weight is 447 g/mol. The van der Waals surface area contributed by atoms with Gasteiger partial charge < -0.3 is 9.88 Å². The SMILES string of the molecule is CCNS(=O)(=O)c1ccc(C)c(C(=O)NC(c2ccc(Cl)cc2)c2nccn2C)c1. The topological polar surface area (TPSA) is 93.1 Å². The van der Waals surface area contributed by atoms with E-state index in [2.05, 4.69) is 15.0 Å². The maximum Gasteiger partial charge on any atom is 0.252 e. The predicted molar refractivity (Wildman–Crippen MR) is 116 cm³/mol. The molecule has 30 heavy (non-hydrogen) atoms. The van der Waals surface area contributed by atoms with Crippen LogP contribution in [0.5, 0.6) is 0 Å². The van der Waals surface area contributed by atoms with Gasteiger partial charge in [0.25, 0.3) is 5.91 Å². The van der Waals surface area contributed by atoms with Crippen molar-refractivity contribution < 1.29 is 13.2 Å². The molecule has 1 unspecified atom stereocenters. The number of hydrogen-bond donors (Lipinski definition) is 2. The second kappa shape index (κ2) is 8.99. The molecule has 3 rings (SSSR count). The van der Waals surface area contributed by atoms with Crippen LogP contribution in [0.3, 0.4) is 0 Å². The van der Waals surface area contributed by atoms with E-state index in [1.165, 1.54) is 12.1 Å². The number of rotatable bonds is 7. The standard InChI is InChI=1S/C21H23ClN4O3S/c1-4-24-30(28,29)17-10-5-14(2)18(13-17)21(27)25-19(20-23-11-12-26(20)3)15-6-8-16(22)9-7-15/h5-13,19,24H,4H2,1-3H3,(H,25,27). The number of benzene rings is 2. The highest BCUT2D eigenvalue weighted by atomic mass is 35.5. The zero-order valence-electron chi connectivity index (χ0n) is 16.9. The molecule has 0 spiro atoms. The molecule has 0 aliphatic carbocycles. The zero-order valence-corrected chi connectivity index (χ0v) is 18.5. The number of carbonyl (C=O) groups excluding carboxylic acids is 1. The maximum atomic E-state index is 13.2. The molecule has 0 radical (unpaired) electrons. The average Bonchev–Trinajstić information content (AvgIpc) is 3.12. The van der Waals surface area contributed by atoms with Crippen molar-refractivity contribution in [1.29, 1.82) is 0 Å². The van der Waals surface area contributed by atoms with Crippen molar-refractivity contribution >= 4 is 27.5 Å². The summed E-state index contributed by atoms with van der Waals surface area (Å²) in [7, 11) is -1.84. The number of halogens is 1.